The Hall–Kier alpha value is -3.06. The Morgan fingerprint density at radius 2 is 1.96 bits per heavy atom. The number of hydrogen-bond donors (Lipinski definition) is 0. The molecule has 3 aromatic heterocycles. The predicted octanol–water partition coefficient (Wildman–Crippen LogP) is 2.54. The number of pyridine rings is 1. The average molecular weight is 340 g/mol. The zero-order valence-electron chi connectivity index (χ0n) is 12.3. The van der Waals surface area contributed by atoms with Gasteiger partial charge >= 0.3 is 0 Å². The van der Waals surface area contributed by atoms with E-state index in [2.05, 4.69) is 20.1 Å². The molecule has 0 unspecified atom stereocenters. The van der Waals surface area contributed by atoms with Crippen molar-refractivity contribution in [3.63, 3.8) is 0 Å². The summed E-state index contributed by atoms with van der Waals surface area (Å²) in [6.45, 7) is 0.160. The van der Waals surface area contributed by atoms with E-state index in [9.17, 15) is 4.79 Å². The van der Waals surface area contributed by atoms with Crippen LogP contribution in [0, 0.1) is 0 Å². The van der Waals surface area contributed by atoms with Crippen molar-refractivity contribution in [2.75, 3.05) is 0 Å². The Morgan fingerprint density at radius 1 is 1.12 bits per heavy atom. The highest BCUT2D eigenvalue weighted by Crippen LogP contribution is 2.19. The van der Waals surface area contributed by atoms with Gasteiger partial charge in [-0.05, 0) is 36.4 Å². The van der Waals surface area contributed by atoms with Crippen LogP contribution in [0.3, 0.4) is 0 Å². The molecule has 0 radical (unpaired) electrons. The molecule has 0 saturated heterocycles. The van der Waals surface area contributed by atoms with E-state index < -0.39 is 0 Å². The van der Waals surface area contributed by atoms with Gasteiger partial charge in [-0.3, -0.25) is 9.36 Å². The number of hydrogen-bond acceptors (Lipinski definition) is 6. The van der Waals surface area contributed by atoms with Crippen molar-refractivity contribution in [1.29, 1.82) is 0 Å². The van der Waals surface area contributed by atoms with Crippen molar-refractivity contribution < 1.29 is 4.52 Å². The van der Waals surface area contributed by atoms with Gasteiger partial charge in [0, 0.05) is 16.8 Å². The molecule has 0 aliphatic rings. The van der Waals surface area contributed by atoms with Crippen LogP contribution in [0.15, 0.2) is 58.2 Å². The standard InChI is InChI=1S/C16H10ClN5O2/c17-11-5-3-10(4-6-11)15-20-13(21-24-15)8-22-9-19-14-12(16(22)23)2-1-7-18-14/h1-7,9H,8H2. The number of halogens is 1. The van der Waals surface area contributed by atoms with Gasteiger partial charge in [0.25, 0.3) is 11.4 Å². The summed E-state index contributed by atoms with van der Waals surface area (Å²) in [6.07, 6.45) is 3.02. The first-order valence-corrected chi connectivity index (χ1v) is 7.47. The molecule has 0 saturated carbocycles. The Labute approximate surface area is 140 Å². The second-order valence-electron chi connectivity index (χ2n) is 5.07. The first-order valence-electron chi connectivity index (χ1n) is 7.09. The molecule has 0 fully saturated rings. The lowest BCUT2D eigenvalue weighted by molar-refractivity contribution is 0.420. The largest absolute Gasteiger partial charge is 0.334 e. The van der Waals surface area contributed by atoms with E-state index in [4.69, 9.17) is 16.1 Å². The molecule has 7 nitrogen and oxygen atoms in total. The molecular weight excluding hydrogens is 330 g/mol. The Morgan fingerprint density at radius 3 is 2.79 bits per heavy atom. The highest BCUT2D eigenvalue weighted by Gasteiger charge is 2.11. The van der Waals surface area contributed by atoms with E-state index in [-0.39, 0.29) is 12.1 Å². The number of benzene rings is 1. The van der Waals surface area contributed by atoms with E-state index in [1.165, 1.54) is 10.9 Å². The molecule has 8 heteroatoms. The molecule has 0 spiro atoms. The first kappa shape index (κ1) is 14.5. The van der Waals surface area contributed by atoms with Gasteiger partial charge in [-0.25, -0.2) is 9.97 Å². The smallest absolute Gasteiger partial charge is 0.263 e. The first-order chi connectivity index (χ1) is 11.7. The highest BCUT2D eigenvalue weighted by atomic mass is 35.5. The van der Waals surface area contributed by atoms with Crippen molar-refractivity contribution in [3.05, 3.63) is 70.1 Å². The van der Waals surface area contributed by atoms with E-state index in [1.807, 2.05) is 0 Å². The fourth-order valence-corrected chi connectivity index (χ4v) is 2.42. The van der Waals surface area contributed by atoms with Crippen molar-refractivity contribution >= 4 is 22.6 Å². The summed E-state index contributed by atoms with van der Waals surface area (Å²) >= 11 is 5.86. The summed E-state index contributed by atoms with van der Waals surface area (Å²) in [6, 6.07) is 10.4. The molecule has 0 atom stereocenters. The maximum absolute atomic E-state index is 12.4. The normalized spacial score (nSPS) is 11.0. The topological polar surface area (TPSA) is 86.7 Å². The zero-order chi connectivity index (χ0) is 16.5. The van der Waals surface area contributed by atoms with Crippen LogP contribution < -0.4 is 5.56 Å². The fraction of sp³-hybridized carbons (Fsp3) is 0.0625. The maximum atomic E-state index is 12.4. The van der Waals surface area contributed by atoms with Gasteiger partial charge in [0.1, 0.15) is 6.33 Å². The molecule has 4 aromatic rings. The number of fused-ring (bicyclic) bond motifs is 1. The lowest BCUT2D eigenvalue weighted by atomic mass is 10.2. The Bertz CT molecular complexity index is 1070. The van der Waals surface area contributed by atoms with Crippen LogP contribution in [0.4, 0.5) is 0 Å². The lowest BCUT2D eigenvalue weighted by Crippen LogP contribution is -2.21. The van der Waals surface area contributed by atoms with Gasteiger partial charge in [0.2, 0.25) is 0 Å². The van der Waals surface area contributed by atoms with E-state index in [0.717, 1.165) is 5.56 Å². The molecule has 4 rings (SSSR count). The molecular formula is C16H10ClN5O2. The SMILES string of the molecule is O=c1c2cccnc2ncn1Cc1noc(-c2ccc(Cl)cc2)n1. The van der Waals surface area contributed by atoms with Gasteiger partial charge < -0.3 is 4.52 Å². The van der Waals surface area contributed by atoms with E-state index in [1.54, 1.807) is 42.6 Å². The van der Waals surface area contributed by atoms with Crippen molar-refractivity contribution in [2.45, 2.75) is 6.54 Å². The summed E-state index contributed by atoms with van der Waals surface area (Å²) in [5.41, 5.74) is 0.964. The summed E-state index contributed by atoms with van der Waals surface area (Å²) in [5.74, 6) is 0.747. The summed E-state index contributed by atoms with van der Waals surface area (Å²) in [5, 5.41) is 4.98. The van der Waals surface area contributed by atoms with Gasteiger partial charge in [-0.1, -0.05) is 16.8 Å². The third kappa shape index (κ3) is 2.65. The number of aromatic nitrogens is 5. The van der Waals surface area contributed by atoms with Crippen LogP contribution in [0.5, 0.6) is 0 Å². The van der Waals surface area contributed by atoms with Crippen molar-refractivity contribution in [2.24, 2.45) is 0 Å². The second kappa shape index (κ2) is 5.86. The third-order valence-corrected chi connectivity index (χ3v) is 3.72. The number of nitrogens with zero attached hydrogens (tertiary/aromatic N) is 5. The molecule has 1 aromatic carbocycles. The van der Waals surface area contributed by atoms with Crippen LogP contribution in [0.1, 0.15) is 5.82 Å². The minimum Gasteiger partial charge on any atom is -0.334 e. The average Bonchev–Trinajstić information content (AvgIpc) is 3.07. The zero-order valence-corrected chi connectivity index (χ0v) is 13.0. The molecule has 118 valence electrons. The minimum absolute atomic E-state index is 0.160. The van der Waals surface area contributed by atoms with Crippen molar-refractivity contribution in [1.82, 2.24) is 24.7 Å². The molecule has 0 N–H and O–H groups in total. The molecule has 0 aliphatic carbocycles. The molecule has 0 bridgehead atoms. The molecule has 0 aliphatic heterocycles. The van der Waals surface area contributed by atoms with E-state index in [0.29, 0.717) is 27.8 Å². The van der Waals surface area contributed by atoms with Crippen LogP contribution in [0.2, 0.25) is 5.02 Å². The summed E-state index contributed by atoms with van der Waals surface area (Å²) < 4.78 is 6.65. The van der Waals surface area contributed by atoms with Gasteiger partial charge in [-0.15, -0.1) is 0 Å². The van der Waals surface area contributed by atoms with Crippen LogP contribution >= 0.6 is 11.6 Å². The molecule has 24 heavy (non-hydrogen) atoms. The predicted molar refractivity (Wildman–Crippen MR) is 87.6 cm³/mol. The minimum atomic E-state index is -0.203. The Kier molecular flexibility index (Phi) is 3.55. The van der Waals surface area contributed by atoms with Gasteiger partial charge in [0.15, 0.2) is 11.5 Å². The van der Waals surface area contributed by atoms with Crippen LogP contribution in [-0.2, 0) is 6.54 Å². The summed E-state index contributed by atoms with van der Waals surface area (Å²) in [4.78, 5) is 25.0. The highest BCUT2D eigenvalue weighted by molar-refractivity contribution is 6.30. The monoisotopic (exact) mass is 339 g/mol. The Balaban J connectivity index is 1.66. The summed E-state index contributed by atoms with van der Waals surface area (Å²) in [7, 11) is 0. The maximum Gasteiger partial charge on any atom is 0.263 e. The van der Waals surface area contributed by atoms with Gasteiger partial charge in [-0.2, -0.15) is 4.98 Å². The van der Waals surface area contributed by atoms with Gasteiger partial charge in [0.05, 0.1) is 11.9 Å². The lowest BCUT2D eigenvalue weighted by Gasteiger charge is -2.02. The third-order valence-electron chi connectivity index (χ3n) is 3.47. The quantitative estimate of drug-likeness (QED) is 0.570. The number of rotatable bonds is 3. The molecule has 0 amide bonds. The van der Waals surface area contributed by atoms with Crippen molar-refractivity contribution in [3.8, 4) is 11.5 Å². The second-order valence-corrected chi connectivity index (χ2v) is 5.51. The van der Waals surface area contributed by atoms with Crippen LogP contribution in [-0.4, -0.2) is 24.7 Å². The fourth-order valence-electron chi connectivity index (χ4n) is 2.29. The van der Waals surface area contributed by atoms with Crippen LogP contribution in [0.25, 0.3) is 22.5 Å². The van der Waals surface area contributed by atoms with E-state index >= 15 is 0 Å². The molecule has 3 heterocycles.